The molecule has 1 aromatic heterocycles. The first-order chi connectivity index (χ1) is 15.7. The molecule has 1 heterocycles. The fourth-order valence-corrected chi connectivity index (χ4v) is 2.66. The molecule has 11 heteroatoms. The number of rotatable bonds is 8. The molecule has 0 unspecified atom stereocenters. The number of carboxylic acids is 1. The number of carbonyl (C=O) groups excluding carboxylic acids is 1. The van der Waals surface area contributed by atoms with E-state index in [9.17, 15) is 9.18 Å². The van der Waals surface area contributed by atoms with Gasteiger partial charge in [0, 0.05) is 31.8 Å². The zero-order chi connectivity index (χ0) is 24.4. The third-order valence-electron chi connectivity index (χ3n) is 4.16. The number of amides is 1. The molecule has 0 fully saturated rings. The Morgan fingerprint density at radius 3 is 2.45 bits per heavy atom. The topological polar surface area (TPSA) is 142 Å². The van der Waals surface area contributed by atoms with E-state index >= 15 is 0 Å². The van der Waals surface area contributed by atoms with Crippen molar-refractivity contribution in [3.63, 3.8) is 0 Å². The molecule has 0 radical (unpaired) electrons. The van der Waals surface area contributed by atoms with Gasteiger partial charge in [0.25, 0.3) is 11.9 Å². The van der Waals surface area contributed by atoms with Gasteiger partial charge in [0.15, 0.2) is 23.1 Å². The zero-order valence-electron chi connectivity index (χ0n) is 18.5. The molecule has 0 saturated heterocycles. The van der Waals surface area contributed by atoms with Crippen molar-refractivity contribution in [2.24, 2.45) is 5.73 Å². The van der Waals surface area contributed by atoms with Gasteiger partial charge in [0.2, 0.25) is 0 Å². The zero-order valence-corrected chi connectivity index (χ0v) is 18.5. The Morgan fingerprint density at radius 1 is 1.18 bits per heavy atom. The van der Waals surface area contributed by atoms with Crippen LogP contribution in [0.5, 0.6) is 17.2 Å². The maximum Gasteiger partial charge on any atom is 0.300 e. The van der Waals surface area contributed by atoms with Crippen LogP contribution in [0.15, 0.2) is 42.6 Å². The summed E-state index contributed by atoms with van der Waals surface area (Å²) in [5.74, 6) is -1.06. The quantitative estimate of drug-likeness (QED) is 0.467. The van der Waals surface area contributed by atoms with Gasteiger partial charge >= 0.3 is 0 Å². The summed E-state index contributed by atoms with van der Waals surface area (Å²) in [6, 6.07) is 9.18. The summed E-state index contributed by atoms with van der Waals surface area (Å²) < 4.78 is 26.8. The minimum atomic E-state index is -0.833. The van der Waals surface area contributed by atoms with Gasteiger partial charge < -0.3 is 25.6 Å². The van der Waals surface area contributed by atoms with Crippen LogP contribution in [0.25, 0.3) is 0 Å². The van der Waals surface area contributed by atoms with E-state index in [4.69, 9.17) is 25.1 Å². The number of carbonyl (C=O) groups is 2. The molecular weight excluding hydrogens is 433 g/mol. The molecule has 3 rings (SSSR count). The number of halogens is 1. The highest BCUT2D eigenvalue weighted by Crippen LogP contribution is 2.33. The van der Waals surface area contributed by atoms with E-state index in [2.05, 4.69) is 15.6 Å². The molecule has 0 spiro atoms. The summed E-state index contributed by atoms with van der Waals surface area (Å²) >= 11 is 0. The Kier molecular flexibility index (Phi) is 9.30. The van der Waals surface area contributed by atoms with Crippen molar-refractivity contribution in [1.29, 1.82) is 0 Å². The molecule has 10 nitrogen and oxygen atoms in total. The predicted octanol–water partition coefficient (Wildman–Crippen LogP) is 2.51. The van der Waals surface area contributed by atoms with Crippen LogP contribution in [0.1, 0.15) is 28.5 Å². The standard InChI is InChI=1S/C20H22FN5O3.C2H4O2/c1-13-12-26(25-24-13)8-7-23-20(27)15-4-6-18(28-2)19(10-15)29-17-5-3-14(11-22)9-16(17)21;1-2(3)4/h3-6,9-10,12H,7-8,11,22H2,1-2H3,(H,23,27);1H3,(H,3,4). The molecule has 0 aliphatic carbocycles. The van der Waals surface area contributed by atoms with Crippen molar-refractivity contribution in [3.05, 3.63) is 65.2 Å². The predicted molar refractivity (Wildman–Crippen MR) is 118 cm³/mol. The number of ether oxygens (including phenoxy) is 2. The summed E-state index contributed by atoms with van der Waals surface area (Å²) in [6.45, 7) is 4.02. The second kappa shape index (κ2) is 12.2. The number of aliphatic carboxylic acids is 1. The number of carboxylic acid groups (broad SMARTS) is 1. The van der Waals surface area contributed by atoms with E-state index in [-0.39, 0.29) is 24.0 Å². The Balaban J connectivity index is 0.000000890. The number of aromatic nitrogens is 3. The molecule has 0 atom stereocenters. The smallest absolute Gasteiger partial charge is 0.300 e. The van der Waals surface area contributed by atoms with Gasteiger partial charge in [-0.05, 0) is 42.8 Å². The highest BCUT2D eigenvalue weighted by molar-refractivity contribution is 5.94. The summed E-state index contributed by atoms with van der Waals surface area (Å²) in [5, 5.41) is 18.0. The second-order valence-corrected chi connectivity index (χ2v) is 6.83. The van der Waals surface area contributed by atoms with Crippen LogP contribution in [0.4, 0.5) is 4.39 Å². The third kappa shape index (κ3) is 7.89. The summed E-state index contributed by atoms with van der Waals surface area (Å²) in [7, 11) is 1.47. The molecular formula is C22H26FN5O5. The molecule has 0 bridgehead atoms. The maximum atomic E-state index is 14.2. The third-order valence-corrected chi connectivity index (χ3v) is 4.16. The monoisotopic (exact) mass is 459 g/mol. The minimum absolute atomic E-state index is 0.0135. The normalized spacial score (nSPS) is 10.1. The Morgan fingerprint density at radius 2 is 1.88 bits per heavy atom. The average Bonchev–Trinajstić information content (AvgIpc) is 3.19. The van der Waals surface area contributed by atoms with Crippen LogP contribution in [0.3, 0.4) is 0 Å². The van der Waals surface area contributed by atoms with Gasteiger partial charge in [0.1, 0.15) is 0 Å². The minimum Gasteiger partial charge on any atom is -0.493 e. The van der Waals surface area contributed by atoms with Gasteiger partial charge in [0.05, 0.1) is 19.3 Å². The maximum absolute atomic E-state index is 14.2. The molecule has 2 aromatic carbocycles. The Bertz CT molecular complexity index is 1100. The Hall–Kier alpha value is -3.99. The van der Waals surface area contributed by atoms with Crippen molar-refractivity contribution < 1.29 is 28.6 Å². The number of hydrogen-bond acceptors (Lipinski definition) is 7. The number of nitrogens with one attached hydrogen (secondary N) is 1. The average molecular weight is 459 g/mol. The van der Waals surface area contributed by atoms with E-state index in [1.165, 1.54) is 25.3 Å². The van der Waals surface area contributed by atoms with Crippen molar-refractivity contribution in [3.8, 4) is 17.2 Å². The number of hydrogen-bond donors (Lipinski definition) is 3. The molecule has 0 aliphatic rings. The van der Waals surface area contributed by atoms with E-state index in [1.807, 2.05) is 6.92 Å². The Labute approximate surface area is 190 Å². The fourth-order valence-electron chi connectivity index (χ4n) is 2.66. The lowest BCUT2D eigenvalue weighted by molar-refractivity contribution is -0.134. The lowest BCUT2D eigenvalue weighted by Crippen LogP contribution is -2.27. The molecule has 33 heavy (non-hydrogen) atoms. The van der Waals surface area contributed by atoms with Crippen molar-refractivity contribution in [2.45, 2.75) is 26.9 Å². The van der Waals surface area contributed by atoms with Crippen LogP contribution in [0, 0.1) is 12.7 Å². The van der Waals surface area contributed by atoms with Crippen molar-refractivity contribution in [1.82, 2.24) is 20.3 Å². The fraction of sp³-hybridized carbons (Fsp3) is 0.273. The van der Waals surface area contributed by atoms with E-state index in [0.29, 0.717) is 30.0 Å². The van der Waals surface area contributed by atoms with Crippen LogP contribution in [-0.4, -0.2) is 45.6 Å². The SMILES string of the molecule is CC(=O)O.COc1ccc(C(=O)NCCn2cc(C)nn2)cc1Oc1ccc(CN)cc1F. The van der Waals surface area contributed by atoms with Gasteiger partial charge in [-0.3, -0.25) is 14.3 Å². The summed E-state index contributed by atoms with van der Waals surface area (Å²) in [6.07, 6.45) is 1.79. The van der Waals surface area contributed by atoms with E-state index < -0.39 is 11.8 Å². The molecule has 176 valence electrons. The first kappa shape index (κ1) is 25.3. The second-order valence-electron chi connectivity index (χ2n) is 6.83. The van der Waals surface area contributed by atoms with Crippen molar-refractivity contribution in [2.75, 3.05) is 13.7 Å². The van der Waals surface area contributed by atoms with Crippen molar-refractivity contribution >= 4 is 11.9 Å². The number of nitrogens with zero attached hydrogens (tertiary/aromatic N) is 3. The summed E-state index contributed by atoms with van der Waals surface area (Å²) in [5.41, 5.74) is 7.33. The van der Waals surface area contributed by atoms with Gasteiger partial charge in [-0.25, -0.2) is 4.39 Å². The van der Waals surface area contributed by atoms with Gasteiger partial charge in [-0.2, -0.15) is 0 Å². The highest BCUT2D eigenvalue weighted by Gasteiger charge is 2.14. The van der Waals surface area contributed by atoms with Gasteiger partial charge in [-0.15, -0.1) is 5.10 Å². The molecule has 4 N–H and O–H groups in total. The number of benzene rings is 2. The lowest BCUT2D eigenvalue weighted by atomic mass is 10.1. The molecule has 3 aromatic rings. The molecule has 0 aliphatic heterocycles. The van der Waals surface area contributed by atoms with Crippen LogP contribution in [0.2, 0.25) is 0 Å². The molecule has 1 amide bonds. The summed E-state index contributed by atoms with van der Waals surface area (Å²) in [4.78, 5) is 21.5. The van der Waals surface area contributed by atoms with Gasteiger partial charge in [-0.1, -0.05) is 11.3 Å². The van der Waals surface area contributed by atoms with E-state index in [1.54, 1.807) is 29.1 Å². The van der Waals surface area contributed by atoms with E-state index in [0.717, 1.165) is 12.6 Å². The lowest BCUT2D eigenvalue weighted by Gasteiger charge is -2.13. The first-order valence-electron chi connectivity index (χ1n) is 9.92. The number of methoxy groups -OCH3 is 1. The molecule has 0 saturated carbocycles. The van der Waals surface area contributed by atoms with Crippen LogP contribution < -0.4 is 20.5 Å². The van der Waals surface area contributed by atoms with Crippen LogP contribution in [-0.2, 0) is 17.9 Å². The largest absolute Gasteiger partial charge is 0.493 e. The van der Waals surface area contributed by atoms with Crippen LogP contribution >= 0.6 is 0 Å². The number of aryl methyl sites for hydroxylation is 1. The first-order valence-corrected chi connectivity index (χ1v) is 9.92. The number of nitrogens with two attached hydrogens (primary N) is 1. The highest BCUT2D eigenvalue weighted by atomic mass is 19.1.